The largest absolute Gasteiger partial charge is 0.434 e. The van der Waals surface area contributed by atoms with Crippen molar-refractivity contribution in [3.8, 4) is 5.88 Å². The van der Waals surface area contributed by atoms with Gasteiger partial charge >= 0.3 is 0 Å². The third-order valence-corrected chi connectivity index (χ3v) is 5.52. The maximum Gasteiger partial charge on any atom is 0.238 e. The summed E-state index contributed by atoms with van der Waals surface area (Å²) in [6.45, 7) is 1.83. The Kier molecular flexibility index (Phi) is 4.97. The first-order valence-corrected chi connectivity index (χ1v) is 8.80. The summed E-state index contributed by atoms with van der Waals surface area (Å²) in [5.74, 6) is 0.131. The van der Waals surface area contributed by atoms with E-state index in [9.17, 15) is 0 Å². The van der Waals surface area contributed by atoms with Crippen LogP contribution in [0.3, 0.4) is 0 Å². The zero-order valence-corrected chi connectivity index (χ0v) is 12.2. The first-order valence-electron chi connectivity index (χ1n) is 3.85. The Labute approximate surface area is 113 Å². The molecule has 0 aliphatic carbocycles. The lowest BCUT2D eigenvalue weighted by atomic mass is 10.5. The van der Waals surface area contributed by atoms with Gasteiger partial charge in [0, 0.05) is 6.16 Å². The van der Waals surface area contributed by atoms with Gasteiger partial charge in [0.05, 0.1) is 5.02 Å². The molecular formula is C7H6Cl4NOPS. The van der Waals surface area contributed by atoms with Crippen molar-refractivity contribution in [2.45, 2.75) is 6.92 Å². The summed E-state index contributed by atoms with van der Waals surface area (Å²) in [6.07, 6.45) is 0.530. The molecule has 0 aliphatic heterocycles. The maximum atomic E-state index is 5.95. The van der Waals surface area contributed by atoms with Crippen molar-refractivity contribution in [3.63, 3.8) is 0 Å². The van der Waals surface area contributed by atoms with Crippen LogP contribution in [0.5, 0.6) is 5.88 Å². The molecule has 1 unspecified atom stereocenters. The molecule has 0 N–H and O–H groups in total. The van der Waals surface area contributed by atoms with Crippen LogP contribution in [-0.4, -0.2) is 11.1 Å². The van der Waals surface area contributed by atoms with Gasteiger partial charge in [-0.25, -0.2) is 0 Å². The Morgan fingerprint density at radius 3 is 2.53 bits per heavy atom. The Hall–Kier alpha value is 0.760. The van der Waals surface area contributed by atoms with Crippen LogP contribution in [0.2, 0.25) is 15.2 Å². The molecular weight excluding hydrogens is 319 g/mol. The van der Waals surface area contributed by atoms with E-state index in [1.807, 2.05) is 6.92 Å². The van der Waals surface area contributed by atoms with Crippen LogP contribution in [0.25, 0.3) is 0 Å². The van der Waals surface area contributed by atoms with Gasteiger partial charge in [0.2, 0.25) is 11.5 Å². The molecule has 0 saturated heterocycles. The fraction of sp³-hybridized carbons (Fsp3) is 0.286. The van der Waals surface area contributed by atoms with Crippen molar-refractivity contribution in [1.29, 1.82) is 0 Å². The molecule has 1 atom stereocenters. The van der Waals surface area contributed by atoms with Gasteiger partial charge in [-0.2, -0.15) is 4.98 Å². The lowest BCUT2D eigenvalue weighted by molar-refractivity contribution is 0.597. The molecule has 84 valence electrons. The first kappa shape index (κ1) is 13.8. The highest BCUT2D eigenvalue weighted by Crippen LogP contribution is 2.53. The normalized spacial score (nSPS) is 14.7. The topological polar surface area (TPSA) is 22.1 Å². The molecule has 0 aliphatic rings. The summed E-state index contributed by atoms with van der Waals surface area (Å²) in [5.41, 5.74) is -2.40. The number of hydrogen-bond acceptors (Lipinski definition) is 3. The van der Waals surface area contributed by atoms with Gasteiger partial charge < -0.3 is 4.52 Å². The van der Waals surface area contributed by atoms with Crippen molar-refractivity contribution in [1.82, 2.24) is 4.98 Å². The summed E-state index contributed by atoms with van der Waals surface area (Å²) in [6, 6.07) is 1.44. The highest BCUT2D eigenvalue weighted by Gasteiger charge is 2.17. The average Bonchev–Trinajstić information content (AvgIpc) is 2.14. The minimum absolute atomic E-state index is 0.110. The number of aromatic nitrogens is 1. The van der Waals surface area contributed by atoms with E-state index in [0.717, 1.165) is 0 Å². The second kappa shape index (κ2) is 5.39. The minimum Gasteiger partial charge on any atom is -0.434 e. The highest BCUT2D eigenvalue weighted by atomic mass is 35.7. The van der Waals surface area contributed by atoms with Crippen molar-refractivity contribution in [3.05, 3.63) is 21.3 Å². The van der Waals surface area contributed by atoms with E-state index in [1.165, 1.54) is 6.07 Å². The van der Waals surface area contributed by atoms with Crippen molar-refractivity contribution in [2.24, 2.45) is 0 Å². The summed E-state index contributed by atoms with van der Waals surface area (Å²) in [4.78, 5) is 3.86. The fourth-order valence-corrected chi connectivity index (χ4v) is 2.20. The molecule has 0 amide bonds. The molecule has 0 aromatic carbocycles. The van der Waals surface area contributed by atoms with Crippen LogP contribution in [0.1, 0.15) is 6.92 Å². The fourth-order valence-electron chi connectivity index (χ4n) is 0.686. The van der Waals surface area contributed by atoms with Gasteiger partial charge in [-0.1, -0.05) is 41.7 Å². The minimum atomic E-state index is -2.40. The molecule has 8 heteroatoms. The molecule has 1 heterocycles. The van der Waals surface area contributed by atoms with E-state index in [4.69, 9.17) is 62.4 Å². The van der Waals surface area contributed by atoms with Gasteiger partial charge in [0.1, 0.15) is 5.02 Å². The third kappa shape index (κ3) is 3.92. The van der Waals surface area contributed by atoms with Crippen LogP contribution in [-0.2, 0) is 11.8 Å². The molecule has 1 aromatic heterocycles. The zero-order chi connectivity index (χ0) is 11.6. The lowest BCUT2D eigenvalue weighted by Crippen LogP contribution is -1.93. The number of halogens is 4. The molecule has 0 spiro atoms. The molecule has 0 radical (unpaired) electrons. The third-order valence-electron chi connectivity index (χ3n) is 1.46. The zero-order valence-electron chi connectivity index (χ0n) is 7.51. The van der Waals surface area contributed by atoms with Crippen molar-refractivity contribution >= 4 is 63.5 Å². The van der Waals surface area contributed by atoms with E-state index in [2.05, 4.69) is 4.98 Å². The molecule has 15 heavy (non-hydrogen) atoms. The number of nitrogens with zero attached hydrogens (tertiary/aromatic N) is 1. The van der Waals surface area contributed by atoms with Crippen molar-refractivity contribution < 1.29 is 4.52 Å². The Bertz CT molecular complexity index is 428. The first-order chi connectivity index (χ1) is 6.85. The van der Waals surface area contributed by atoms with Crippen LogP contribution in [0.15, 0.2) is 6.07 Å². The van der Waals surface area contributed by atoms with Gasteiger partial charge in [0.15, 0.2) is 5.15 Å². The average molecular weight is 325 g/mol. The second-order valence-corrected chi connectivity index (χ2v) is 9.72. The van der Waals surface area contributed by atoms with E-state index in [1.54, 1.807) is 0 Å². The van der Waals surface area contributed by atoms with Crippen LogP contribution in [0.4, 0.5) is 0 Å². The van der Waals surface area contributed by atoms with Crippen LogP contribution in [0, 0.1) is 0 Å². The Balaban J connectivity index is 3.06. The van der Waals surface area contributed by atoms with Gasteiger partial charge in [-0.05, 0) is 29.1 Å². The van der Waals surface area contributed by atoms with Gasteiger partial charge in [-0.15, -0.1) is 0 Å². The summed E-state index contributed by atoms with van der Waals surface area (Å²) >= 11 is 28.3. The summed E-state index contributed by atoms with van der Waals surface area (Å²) in [7, 11) is 0. The predicted octanol–water partition coefficient (Wildman–Crippen LogP) is 4.99. The molecule has 0 fully saturated rings. The standard InChI is InChI=1S/C7H6Cl4NOPS/c1-2-14(11,15)13-7-5(9)3-4(8)6(10)12-7/h3H,2H2,1H3. The number of pyridine rings is 1. The summed E-state index contributed by atoms with van der Waals surface area (Å²) < 4.78 is 5.32. The van der Waals surface area contributed by atoms with E-state index < -0.39 is 5.62 Å². The molecule has 0 saturated carbocycles. The second-order valence-electron chi connectivity index (χ2n) is 2.55. The SMILES string of the molecule is CCP(=S)(Cl)Oc1nc(Cl)c(Cl)cc1Cl. The Morgan fingerprint density at radius 1 is 1.40 bits per heavy atom. The lowest BCUT2D eigenvalue weighted by Gasteiger charge is -2.14. The smallest absolute Gasteiger partial charge is 0.238 e. The Morgan fingerprint density at radius 2 is 2.00 bits per heavy atom. The highest BCUT2D eigenvalue weighted by molar-refractivity contribution is 8.24. The molecule has 1 rings (SSSR count). The van der Waals surface area contributed by atoms with Gasteiger partial charge in [0.25, 0.3) is 0 Å². The monoisotopic (exact) mass is 323 g/mol. The molecule has 1 aromatic rings. The molecule has 0 bridgehead atoms. The van der Waals surface area contributed by atoms with Crippen LogP contribution < -0.4 is 4.52 Å². The van der Waals surface area contributed by atoms with Crippen LogP contribution >= 0.6 is 51.7 Å². The number of rotatable bonds is 3. The maximum absolute atomic E-state index is 5.95. The molecule has 2 nitrogen and oxygen atoms in total. The van der Waals surface area contributed by atoms with E-state index >= 15 is 0 Å². The van der Waals surface area contributed by atoms with Gasteiger partial charge in [-0.3, -0.25) is 0 Å². The number of hydrogen-bond donors (Lipinski definition) is 0. The predicted molar refractivity (Wildman–Crippen MR) is 70.6 cm³/mol. The quantitative estimate of drug-likeness (QED) is 0.577. The van der Waals surface area contributed by atoms with Crippen molar-refractivity contribution in [2.75, 3.05) is 6.16 Å². The summed E-state index contributed by atoms with van der Waals surface area (Å²) in [5, 5.41) is 0.611. The van der Waals surface area contributed by atoms with E-state index in [0.29, 0.717) is 6.16 Å². The van der Waals surface area contributed by atoms with E-state index in [-0.39, 0.29) is 21.1 Å².